The van der Waals surface area contributed by atoms with Crippen LogP contribution in [0.15, 0.2) is 30.3 Å². The number of hydrogen-bond acceptors (Lipinski definition) is 3. The van der Waals surface area contributed by atoms with Gasteiger partial charge in [-0.25, -0.2) is 0 Å². The summed E-state index contributed by atoms with van der Waals surface area (Å²) in [6, 6.07) is 9.86. The number of methoxy groups -OCH3 is 1. The third kappa shape index (κ3) is 3.85. The van der Waals surface area contributed by atoms with Crippen LogP contribution < -0.4 is 10.1 Å². The van der Waals surface area contributed by atoms with Crippen LogP contribution in [0.25, 0.3) is 0 Å². The summed E-state index contributed by atoms with van der Waals surface area (Å²) in [4.78, 5) is 14.2. The maximum atomic E-state index is 12.1. The van der Waals surface area contributed by atoms with E-state index in [-0.39, 0.29) is 5.91 Å². The Morgan fingerprint density at radius 3 is 2.76 bits per heavy atom. The van der Waals surface area contributed by atoms with E-state index < -0.39 is 0 Å². The second-order valence-electron chi connectivity index (χ2n) is 4.89. The highest BCUT2D eigenvalue weighted by Crippen LogP contribution is 2.22. The number of benzene rings is 1. The minimum atomic E-state index is 0.0118. The zero-order valence-corrected chi connectivity index (χ0v) is 13.5. The molecule has 0 bridgehead atoms. The Kier molecular flexibility index (Phi) is 5.39. The van der Waals surface area contributed by atoms with Crippen LogP contribution in [0.4, 0.5) is 0 Å². The second-order valence-corrected chi connectivity index (χ2v) is 6.02. The standard InChI is InChI=1S/C17H21NO2S/c1-4-15-12(2)11-16(21-15)17(19)18-10-9-13-7-5-6-8-14(13)20-3/h5-8,11H,4,9-10H2,1-3H3,(H,18,19). The molecule has 21 heavy (non-hydrogen) atoms. The molecule has 0 fully saturated rings. The van der Waals surface area contributed by atoms with Gasteiger partial charge in [-0.2, -0.15) is 0 Å². The first-order chi connectivity index (χ1) is 10.2. The quantitative estimate of drug-likeness (QED) is 0.885. The van der Waals surface area contributed by atoms with Gasteiger partial charge < -0.3 is 10.1 Å². The number of hydrogen-bond donors (Lipinski definition) is 1. The summed E-state index contributed by atoms with van der Waals surface area (Å²) >= 11 is 1.58. The third-order valence-corrected chi connectivity index (χ3v) is 4.82. The summed E-state index contributed by atoms with van der Waals surface area (Å²) in [5, 5.41) is 2.98. The molecule has 0 spiro atoms. The van der Waals surface area contributed by atoms with Crippen molar-refractivity contribution in [2.24, 2.45) is 0 Å². The van der Waals surface area contributed by atoms with Crippen molar-refractivity contribution < 1.29 is 9.53 Å². The van der Waals surface area contributed by atoms with Crippen molar-refractivity contribution in [2.75, 3.05) is 13.7 Å². The van der Waals surface area contributed by atoms with E-state index in [9.17, 15) is 4.79 Å². The molecule has 0 radical (unpaired) electrons. The fraction of sp³-hybridized carbons (Fsp3) is 0.353. The van der Waals surface area contributed by atoms with Crippen LogP contribution in [0.5, 0.6) is 5.75 Å². The van der Waals surface area contributed by atoms with Gasteiger partial charge in [0.15, 0.2) is 0 Å². The van der Waals surface area contributed by atoms with Crippen LogP contribution in [-0.4, -0.2) is 19.6 Å². The molecule has 0 saturated carbocycles. The van der Waals surface area contributed by atoms with Crippen molar-refractivity contribution in [1.29, 1.82) is 0 Å². The van der Waals surface area contributed by atoms with Crippen molar-refractivity contribution in [3.05, 3.63) is 51.2 Å². The Hall–Kier alpha value is -1.81. The number of nitrogens with one attached hydrogen (secondary N) is 1. The topological polar surface area (TPSA) is 38.3 Å². The second kappa shape index (κ2) is 7.27. The molecule has 0 unspecified atom stereocenters. The fourth-order valence-electron chi connectivity index (χ4n) is 2.29. The van der Waals surface area contributed by atoms with Crippen LogP contribution in [0.3, 0.4) is 0 Å². The molecule has 1 N–H and O–H groups in total. The van der Waals surface area contributed by atoms with Gasteiger partial charge in [0.25, 0.3) is 5.91 Å². The van der Waals surface area contributed by atoms with Gasteiger partial charge in [-0.3, -0.25) is 4.79 Å². The van der Waals surface area contributed by atoms with E-state index in [4.69, 9.17) is 4.74 Å². The minimum Gasteiger partial charge on any atom is -0.496 e. The molecule has 1 aromatic carbocycles. The lowest BCUT2D eigenvalue weighted by atomic mass is 10.1. The average Bonchev–Trinajstić information content (AvgIpc) is 2.89. The predicted octanol–water partition coefficient (Wildman–Crippen LogP) is 3.60. The lowest BCUT2D eigenvalue weighted by Crippen LogP contribution is -2.24. The van der Waals surface area contributed by atoms with Crippen LogP contribution >= 0.6 is 11.3 Å². The number of aryl methyl sites for hydroxylation is 2. The largest absolute Gasteiger partial charge is 0.496 e. The summed E-state index contributed by atoms with van der Waals surface area (Å²) < 4.78 is 5.31. The summed E-state index contributed by atoms with van der Waals surface area (Å²) in [6.07, 6.45) is 1.74. The Labute approximate surface area is 130 Å². The highest BCUT2D eigenvalue weighted by atomic mass is 32.1. The molecule has 1 heterocycles. The van der Waals surface area contributed by atoms with Gasteiger partial charge in [0, 0.05) is 11.4 Å². The highest BCUT2D eigenvalue weighted by molar-refractivity contribution is 7.14. The normalized spacial score (nSPS) is 10.4. The number of para-hydroxylation sites is 1. The zero-order chi connectivity index (χ0) is 15.2. The van der Waals surface area contributed by atoms with Crippen LogP contribution in [-0.2, 0) is 12.8 Å². The number of amides is 1. The van der Waals surface area contributed by atoms with Gasteiger partial charge in [0.05, 0.1) is 12.0 Å². The fourth-order valence-corrected chi connectivity index (χ4v) is 3.32. The van der Waals surface area contributed by atoms with E-state index in [1.165, 1.54) is 10.4 Å². The number of carbonyl (C=O) groups is 1. The molecule has 0 atom stereocenters. The van der Waals surface area contributed by atoms with E-state index >= 15 is 0 Å². The summed E-state index contributed by atoms with van der Waals surface area (Å²) in [6.45, 7) is 4.78. The first-order valence-corrected chi connectivity index (χ1v) is 7.96. The molecule has 0 aliphatic rings. The number of rotatable bonds is 6. The smallest absolute Gasteiger partial charge is 0.261 e. The zero-order valence-electron chi connectivity index (χ0n) is 12.7. The molecule has 3 nitrogen and oxygen atoms in total. The average molecular weight is 303 g/mol. The van der Waals surface area contributed by atoms with Crippen LogP contribution in [0, 0.1) is 6.92 Å². The highest BCUT2D eigenvalue weighted by Gasteiger charge is 2.11. The molecule has 0 saturated heterocycles. The van der Waals surface area contributed by atoms with Gasteiger partial charge in [-0.1, -0.05) is 25.1 Å². The summed E-state index contributed by atoms with van der Waals surface area (Å²) in [5.74, 6) is 0.879. The van der Waals surface area contributed by atoms with Crippen molar-refractivity contribution >= 4 is 17.2 Å². The summed E-state index contributed by atoms with van der Waals surface area (Å²) in [5.41, 5.74) is 2.31. The maximum Gasteiger partial charge on any atom is 0.261 e. The third-order valence-electron chi connectivity index (χ3n) is 3.44. The molecule has 0 aliphatic carbocycles. The summed E-state index contributed by atoms with van der Waals surface area (Å²) in [7, 11) is 1.66. The lowest BCUT2D eigenvalue weighted by Gasteiger charge is -2.08. The van der Waals surface area contributed by atoms with Crippen molar-refractivity contribution in [3.63, 3.8) is 0 Å². The van der Waals surface area contributed by atoms with Crippen molar-refractivity contribution in [1.82, 2.24) is 5.32 Å². The minimum absolute atomic E-state index is 0.0118. The van der Waals surface area contributed by atoms with Crippen LogP contribution in [0.2, 0.25) is 0 Å². The molecule has 4 heteroatoms. The number of ether oxygens (including phenoxy) is 1. The monoisotopic (exact) mass is 303 g/mol. The molecular weight excluding hydrogens is 282 g/mol. The van der Waals surface area contributed by atoms with Gasteiger partial charge in [0.1, 0.15) is 5.75 Å². The van der Waals surface area contributed by atoms with E-state index in [1.807, 2.05) is 30.3 Å². The SMILES string of the molecule is CCc1sc(C(=O)NCCc2ccccc2OC)cc1C. The van der Waals surface area contributed by atoms with Crippen LogP contribution in [0.1, 0.15) is 32.6 Å². The molecule has 1 aromatic heterocycles. The van der Waals surface area contributed by atoms with Gasteiger partial charge in [-0.05, 0) is 43.0 Å². The maximum absolute atomic E-state index is 12.1. The predicted molar refractivity (Wildman–Crippen MR) is 87.5 cm³/mol. The Morgan fingerprint density at radius 2 is 2.10 bits per heavy atom. The van der Waals surface area contributed by atoms with Crippen molar-refractivity contribution in [2.45, 2.75) is 26.7 Å². The Balaban J connectivity index is 1.92. The first-order valence-electron chi connectivity index (χ1n) is 7.15. The molecule has 1 amide bonds. The number of carbonyl (C=O) groups excluding carboxylic acids is 1. The lowest BCUT2D eigenvalue weighted by molar-refractivity contribution is 0.0958. The van der Waals surface area contributed by atoms with Gasteiger partial charge in [-0.15, -0.1) is 11.3 Å². The molecule has 112 valence electrons. The molecule has 2 aromatic rings. The number of thiophene rings is 1. The Morgan fingerprint density at radius 1 is 1.33 bits per heavy atom. The molecule has 0 aliphatic heterocycles. The van der Waals surface area contributed by atoms with E-state index in [0.717, 1.165) is 29.0 Å². The Bertz CT molecular complexity index is 619. The van der Waals surface area contributed by atoms with Gasteiger partial charge >= 0.3 is 0 Å². The molecule has 2 rings (SSSR count). The van der Waals surface area contributed by atoms with E-state index in [1.54, 1.807) is 18.4 Å². The van der Waals surface area contributed by atoms with Gasteiger partial charge in [0.2, 0.25) is 0 Å². The van der Waals surface area contributed by atoms with E-state index in [2.05, 4.69) is 19.2 Å². The van der Waals surface area contributed by atoms with E-state index in [0.29, 0.717) is 6.54 Å². The molecular formula is C17H21NO2S. The van der Waals surface area contributed by atoms with Crippen molar-refractivity contribution in [3.8, 4) is 5.75 Å². The first kappa shape index (κ1) is 15.6.